The summed E-state index contributed by atoms with van der Waals surface area (Å²) in [5.74, 6) is -0.191. The Morgan fingerprint density at radius 2 is 1.80 bits per heavy atom. The summed E-state index contributed by atoms with van der Waals surface area (Å²) in [7, 11) is 0.333. The van der Waals surface area contributed by atoms with Gasteiger partial charge in [-0.1, -0.05) is 30.4 Å². The Hall–Kier alpha value is -1.41. The fraction of sp³-hybridized carbons (Fsp3) is 0.133. The van der Waals surface area contributed by atoms with Gasteiger partial charge in [0.05, 0.1) is 7.89 Å². The highest BCUT2D eigenvalue weighted by Gasteiger charge is 2.05. The number of aliphatic hydroxyl groups excluding tert-OH is 1. The number of halogens is 1. The number of nitrogens with one attached hydrogen (secondary N) is 1. The van der Waals surface area contributed by atoms with E-state index in [-0.39, 0.29) is 12.5 Å². The topological polar surface area (TPSA) is 49.3 Å². The molecule has 2 rings (SSSR count). The number of hydrogen-bond acceptors (Lipinski definition) is 2. The maximum atomic E-state index is 11.9. The molecule has 2 aromatic carbocycles. The molecule has 0 saturated heterocycles. The van der Waals surface area contributed by atoms with Crippen LogP contribution in [0, 0.1) is 0 Å². The summed E-state index contributed by atoms with van der Waals surface area (Å²) in [5, 5.41) is 12.3. The first kappa shape index (κ1) is 15.0. The lowest BCUT2D eigenvalue weighted by Crippen LogP contribution is -2.11. The molecule has 2 N–H and O–H groups in total. The summed E-state index contributed by atoms with van der Waals surface area (Å²) >= 11 is 5.75. The molecule has 2 aromatic rings. The molecule has 1 unspecified atom stereocenters. The molecule has 0 fully saturated rings. The zero-order chi connectivity index (χ0) is 15.7. The van der Waals surface area contributed by atoms with Crippen LogP contribution in [0.1, 0.15) is 15.9 Å². The van der Waals surface area contributed by atoms with Crippen molar-refractivity contribution in [3.63, 3.8) is 0 Å². The van der Waals surface area contributed by atoms with Gasteiger partial charge in [0, 0.05) is 16.3 Å². The number of benzene rings is 2. The fourth-order valence-corrected chi connectivity index (χ4v) is 1.62. The predicted molar refractivity (Wildman–Crippen MR) is 87.4 cm³/mol. The average molecular weight is 311 g/mol. The summed E-state index contributed by atoms with van der Waals surface area (Å²) in [6, 6.07) is 13.7. The number of carbonyl (C=O) groups is 1. The van der Waals surface area contributed by atoms with E-state index in [2.05, 4.69) is 5.32 Å². The number of anilines is 1. The molecule has 1 amide bonds. The molecule has 0 aliphatic rings. The van der Waals surface area contributed by atoms with Crippen molar-refractivity contribution in [3.05, 3.63) is 64.7 Å². The zero-order valence-corrected chi connectivity index (χ0v) is 12.8. The molecule has 0 aliphatic heterocycles. The number of aliphatic hydroxyl groups is 1. The maximum Gasteiger partial charge on any atom is 0.255 e. The van der Waals surface area contributed by atoms with E-state index in [1.165, 1.54) is 0 Å². The molecule has 0 heterocycles. The Morgan fingerprint density at radius 1 is 1.25 bits per heavy atom. The lowest BCUT2D eigenvalue weighted by atomic mass is 10.2. The van der Waals surface area contributed by atoms with Gasteiger partial charge in [-0.25, -0.2) is 0 Å². The second-order valence-electron chi connectivity index (χ2n) is 3.82. The van der Waals surface area contributed by atoms with Gasteiger partial charge in [0.15, 0.2) is 0 Å². The Labute approximate surface area is 127 Å². The summed E-state index contributed by atoms with van der Waals surface area (Å²) in [5.41, 5.74) is 2.04. The van der Waals surface area contributed by atoms with Crippen LogP contribution in [-0.4, -0.2) is 19.0 Å². The lowest BCUT2D eigenvalue weighted by Gasteiger charge is -2.06. The normalized spacial score (nSPS) is 10.7. The Balaban J connectivity index is 0.000000677. The first-order valence-corrected chi connectivity index (χ1v) is 7.33. The minimum atomic E-state index is -0.191. The standard InChI is InChI=1S/C14H12ClNO2.CH5P/c15-12-5-3-11(4-6-12)14(18)16-13-7-1-10(9-17)2-8-13;1-2/h1-8,17H,9H2,(H,16,18);2H2,1H3/i;2D. The maximum absolute atomic E-state index is 11.9. The Kier molecular flexibility index (Phi) is 6.52. The number of hydrogen-bond donors (Lipinski definition) is 2. The molecule has 0 saturated carbocycles. The summed E-state index contributed by atoms with van der Waals surface area (Å²) in [4.78, 5) is 11.9. The smallest absolute Gasteiger partial charge is 0.255 e. The first-order chi connectivity index (χ1) is 10.1. The first-order valence-electron chi connectivity index (χ1n) is 6.46. The van der Waals surface area contributed by atoms with Gasteiger partial charge in [-0.05, 0) is 42.0 Å². The van der Waals surface area contributed by atoms with E-state index >= 15 is 0 Å². The third-order valence-electron chi connectivity index (χ3n) is 2.50. The highest BCUT2D eigenvalue weighted by atomic mass is 35.5. The lowest BCUT2D eigenvalue weighted by molar-refractivity contribution is 0.102. The van der Waals surface area contributed by atoms with Gasteiger partial charge >= 0.3 is 0 Å². The van der Waals surface area contributed by atoms with Gasteiger partial charge in [0.2, 0.25) is 0 Å². The molecule has 20 heavy (non-hydrogen) atoms. The van der Waals surface area contributed by atoms with Crippen molar-refractivity contribution in [2.45, 2.75) is 6.61 Å². The van der Waals surface area contributed by atoms with Crippen molar-refractivity contribution >= 4 is 32.4 Å². The van der Waals surface area contributed by atoms with Crippen LogP contribution in [0.4, 0.5) is 5.69 Å². The Bertz CT molecular complexity index is 561. The SMILES string of the molecule is O=C(Nc1ccc(CO)cc1)c1ccc(Cl)cc1.[2H]PC. The largest absolute Gasteiger partial charge is 0.392 e. The number of carbonyl (C=O) groups excluding carboxylic acids is 1. The van der Waals surface area contributed by atoms with E-state index in [9.17, 15) is 4.79 Å². The molecule has 0 radical (unpaired) electrons. The van der Waals surface area contributed by atoms with Gasteiger partial charge in [0.25, 0.3) is 5.91 Å². The van der Waals surface area contributed by atoms with Crippen LogP contribution in [0.5, 0.6) is 0 Å². The quantitative estimate of drug-likeness (QED) is 0.851. The van der Waals surface area contributed by atoms with E-state index in [0.29, 0.717) is 25.5 Å². The highest BCUT2D eigenvalue weighted by Crippen LogP contribution is 2.13. The monoisotopic (exact) mass is 310 g/mol. The molecule has 3 nitrogen and oxygen atoms in total. The van der Waals surface area contributed by atoms with Crippen LogP contribution < -0.4 is 5.32 Å². The summed E-state index contributed by atoms with van der Waals surface area (Å²) < 4.78 is 6.24. The van der Waals surface area contributed by atoms with Gasteiger partial charge in [-0.15, -0.1) is 9.18 Å². The minimum Gasteiger partial charge on any atom is -0.392 e. The molecule has 106 valence electrons. The zero-order valence-electron chi connectivity index (χ0n) is 12.1. The highest BCUT2D eigenvalue weighted by molar-refractivity contribution is 7.15. The van der Waals surface area contributed by atoms with Crippen molar-refractivity contribution < 1.29 is 9.90 Å². The third kappa shape index (κ3) is 4.93. The van der Waals surface area contributed by atoms with E-state index in [1.807, 2.05) is 6.66 Å². The van der Waals surface area contributed by atoms with Crippen molar-refractivity contribution in [2.75, 3.05) is 12.0 Å². The van der Waals surface area contributed by atoms with Gasteiger partial charge in [-0.2, -0.15) is 0 Å². The Morgan fingerprint density at radius 3 is 2.30 bits per heavy atom. The van der Waals surface area contributed by atoms with E-state index in [1.54, 1.807) is 48.5 Å². The van der Waals surface area contributed by atoms with E-state index in [4.69, 9.17) is 18.0 Å². The number of amides is 1. The molecular formula is C15H17ClNO2P. The minimum absolute atomic E-state index is 0.00852. The second-order valence-corrected chi connectivity index (χ2v) is 4.25. The molecule has 0 aromatic heterocycles. The van der Waals surface area contributed by atoms with Crippen LogP contribution in [0.3, 0.4) is 0 Å². The molecule has 0 aliphatic carbocycles. The molecule has 0 spiro atoms. The second kappa shape index (κ2) is 8.70. The van der Waals surface area contributed by atoms with Crippen LogP contribution in [-0.2, 0) is 6.61 Å². The summed E-state index contributed by atoms with van der Waals surface area (Å²) in [6.07, 6.45) is 0. The van der Waals surface area contributed by atoms with Crippen molar-refractivity contribution in [2.24, 2.45) is 0 Å². The van der Waals surface area contributed by atoms with Crippen LogP contribution in [0.25, 0.3) is 0 Å². The molecule has 0 bridgehead atoms. The van der Waals surface area contributed by atoms with Crippen molar-refractivity contribution in [1.82, 2.24) is 0 Å². The van der Waals surface area contributed by atoms with Crippen molar-refractivity contribution in [1.29, 1.82) is 1.28 Å². The van der Waals surface area contributed by atoms with E-state index < -0.39 is 0 Å². The van der Waals surface area contributed by atoms with E-state index in [0.717, 1.165) is 5.56 Å². The molecule has 5 heteroatoms. The number of rotatable bonds is 3. The van der Waals surface area contributed by atoms with Gasteiger partial charge in [0.1, 0.15) is 0 Å². The average Bonchev–Trinajstić information content (AvgIpc) is 2.49. The fourth-order valence-electron chi connectivity index (χ4n) is 1.50. The van der Waals surface area contributed by atoms with Crippen LogP contribution in [0.2, 0.25) is 5.02 Å². The predicted octanol–water partition coefficient (Wildman–Crippen LogP) is 3.58. The van der Waals surface area contributed by atoms with Crippen LogP contribution in [0.15, 0.2) is 48.5 Å². The molecular weight excluding hydrogens is 293 g/mol. The van der Waals surface area contributed by atoms with Gasteiger partial charge in [-0.3, -0.25) is 4.79 Å². The van der Waals surface area contributed by atoms with Crippen molar-refractivity contribution in [3.8, 4) is 0 Å². The molecule has 1 atom stereocenters. The third-order valence-corrected chi connectivity index (χ3v) is 2.75. The van der Waals surface area contributed by atoms with Crippen LogP contribution >= 0.6 is 20.8 Å². The summed E-state index contributed by atoms with van der Waals surface area (Å²) in [6.45, 7) is 1.81. The van der Waals surface area contributed by atoms with Gasteiger partial charge < -0.3 is 10.4 Å².